The van der Waals surface area contributed by atoms with Crippen molar-refractivity contribution in [2.45, 2.75) is 0 Å². The fraction of sp³-hybridized carbons (Fsp3) is 0. The molecule has 0 fully saturated rings. The second-order valence-corrected chi connectivity index (χ2v) is 0. The second kappa shape index (κ2) is 114. The Bertz CT molecular complexity index is 5.51. The number of rotatable bonds is 0. The molecule has 0 atom stereocenters. The van der Waals surface area contributed by atoms with E-state index in [9.17, 15) is 0 Å². The largest absolute Gasteiger partial charge is 0.412 e. The van der Waals surface area contributed by atoms with Gasteiger partial charge < -0.3 is 21.9 Å². The molecule has 6 heavy (non-hydrogen) atoms. The summed E-state index contributed by atoms with van der Waals surface area (Å²) >= 11 is 0. The van der Waals surface area contributed by atoms with Crippen LogP contribution in [-0.4, -0.2) is 21.9 Å². The SMILES string of the molecule is O.O.O.O.[Mo].[Mo]. The fourth-order valence-electron chi connectivity index (χ4n) is 0. The molecule has 0 aliphatic rings. The maximum Gasteiger partial charge on any atom is 0 e. The van der Waals surface area contributed by atoms with E-state index in [1.54, 1.807) is 0 Å². The maximum absolute atomic E-state index is 0. The third kappa shape index (κ3) is 62.7. The Hall–Kier alpha value is 1.22. The van der Waals surface area contributed by atoms with Crippen LogP contribution in [0.5, 0.6) is 0 Å². The molecule has 8 N–H and O–H groups in total. The third-order valence-corrected chi connectivity index (χ3v) is 0. The molecule has 0 aromatic carbocycles. The van der Waals surface area contributed by atoms with Crippen LogP contribution in [0.25, 0.3) is 0 Å². The van der Waals surface area contributed by atoms with Gasteiger partial charge in [0.2, 0.25) is 0 Å². The van der Waals surface area contributed by atoms with E-state index in [1.165, 1.54) is 0 Å². The van der Waals surface area contributed by atoms with Gasteiger partial charge in [0.05, 0.1) is 0 Å². The zero-order valence-corrected chi connectivity index (χ0v) is 6.83. The van der Waals surface area contributed by atoms with E-state index < -0.39 is 0 Å². The van der Waals surface area contributed by atoms with Crippen molar-refractivity contribution in [2.75, 3.05) is 0 Å². The van der Waals surface area contributed by atoms with E-state index in [0.717, 1.165) is 0 Å². The average molecular weight is 264 g/mol. The molecule has 44 valence electrons. The monoisotopic (exact) mass is 268 g/mol. The van der Waals surface area contributed by atoms with Crippen molar-refractivity contribution in [3.8, 4) is 0 Å². The smallest absolute Gasteiger partial charge is 0 e. The van der Waals surface area contributed by atoms with Gasteiger partial charge in [-0.25, -0.2) is 0 Å². The first-order valence-corrected chi connectivity index (χ1v) is 0. The molecule has 0 aromatic rings. The van der Waals surface area contributed by atoms with E-state index in [0.29, 0.717) is 0 Å². The summed E-state index contributed by atoms with van der Waals surface area (Å²) in [4.78, 5) is 0. The zero-order chi connectivity index (χ0) is 0. The minimum absolute atomic E-state index is 0. The minimum atomic E-state index is 0. The predicted octanol–water partition coefficient (Wildman–Crippen LogP) is -3.30. The topological polar surface area (TPSA) is 126 Å². The van der Waals surface area contributed by atoms with Crippen LogP contribution < -0.4 is 0 Å². The summed E-state index contributed by atoms with van der Waals surface area (Å²) < 4.78 is 0. The molecule has 4 nitrogen and oxygen atoms in total. The van der Waals surface area contributed by atoms with Gasteiger partial charge in [-0.3, -0.25) is 0 Å². The van der Waals surface area contributed by atoms with Crippen molar-refractivity contribution in [1.82, 2.24) is 0 Å². The van der Waals surface area contributed by atoms with Crippen LogP contribution in [0.1, 0.15) is 0 Å². The molecule has 0 saturated carbocycles. The molecule has 0 radical (unpaired) electrons. The Morgan fingerprint density at radius 1 is 0.333 bits per heavy atom. The fourth-order valence-corrected chi connectivity index (χ4v) is 0. The van der Waals surface area contributed by atoms with Gasteiger partial charge in [0.25, 0.3) is 0 Å². The van der Waals surface area contributed by atoms with Crippen LogP contribution in [0.4, 0.5) is 0 Å². The molecule has 0 aliphatic carbocycles. The quantitative estimate of drug-likeness (QED) is 0.406. The van der Waals surface area contributed by atoms with Gasteiger partial charge in [-0.1, -0.05) is 0 Å². The van der Waals surface area contributed by atoms with Crippen LogP contribution >= 0.6 is 0 Å². The first kappa shape index (κ1) is 188. The van der Waals surface area contributed by atoms with Crippen LogP contribution in [0.3, 0.4) is 0 Å². The molecule has 0 heterocycles. The first-order chi connectivity index (χ1) is 0. The molecule has 0 rings (SSSR count). The number of hydrogen-bond donors (Lipinski definition) is 0. The summed E-state index contributed by atoms with van der Waals surface area (Å²) in [6.07, 6.45) is 0. The number of hydrogen-bond acceptors (Lipinski definition) is 0. The maximum atomic E-state index is 0. The van der Waals surface area contributed by atoms with Crippen molar-refractivity contribution < 1.29 is 64.0 Å². The summed E-state index contributed by atoms with van der Waals surface area (Å²) in [5.74, 6) is 0. The molecule has 0 unspecified atom stereocenters. The van der Waals surface area contributed by atoms with E-state index in [1.807, 2.05) is 0 Å². The Morgan fingerprint density at radius 3 is 0.333 bits per heavy atom. The first-order valence-electron chi connectivity index (χ1n) is 0. The molecule has 0 spiro atoms. The van der Waals surface area contributed by atoms with Gasteiger partial charge in [-0.15, -0.1) is 0 Å². The van der Waals surface area contributed by atoms with E-state index >= 15 is 0 Å². The third-order valence-electron chi connectivity index (χ3n) is 0. The van der Waals surface area contributed by atoms with Gasteiger partial charge in [0.1, 0.15) is 0 Å². The van der Waals surface area contributed by atoms with Crippen LogP contribution in [0.2, 0.25) is 0 Å². The van der Waals surface area contributed by atoms with Crippen molar-refractivity contribution in [3.63, 3.8) is 0 Å². The summed E-state index contributed by atoms with van der Waals surface area (Å²) in [7, 11) is 0. The van der Waals surface area contributed by atoms with Crippen molar-refractivity contribution in [2.24, 2.45) is 0 Å². The summed E-state index contributed by atoms with van der Waals surface area (Å²) in [6, 6.07) is 0. The Morgan fingerprint density at radius 2 is 0.333 bits per heavy atom. The molecule has 0 bridgehead atoms. The van der Waals surface area contributed by atoms with E-state index in [4.69, 9.17) is 0 Å². The molecule has 0 amide bonds. The van der Waals surface area contributed by atoms with Gasteiger partial charge in [0, 0.05) is 42.1 Å². The predicted molar refractivity (Wildman–Crippen MR) is 14.5 cm³/mol. The Labute approximate surface area is 64.1 Å². The average Bonchev–Trinajstić information content (AvgIpc) is 0. The zero-order valence-electron chi connectivity index (χ0n) is 2.82. The van der Waals surface area contributed by atoms with Crippen molar-refractivity contribution in [3.05, 3.63) is 0 Å². The standard InChI is InChI=1S/2Mo.4H2O/h;;4*1H2. The molecule has 6 heteroatoms. The van der Waals surface area contributed by atoms with Gasteiger partial charge in [-0.05, 0) is 0 Å². The molecule has 0 aromatic heterocycles. The van der Waals surface area contributed by atoms with Gasteiger partial charge in [0.15, 0.2) is 0 Å². The normalized spacial score (nSPS) is 0. The Kier molecular flexibility index (Phi) is 3590. The second-order valence-electron chi connectivity index (χ2n) is 0. The van der Waals surface area contributed by atoms with Crippen LogP contribution in [-0.2, 0) is 42.1 Å². The van der Waals surface area contributed by atoms with Crippen LogP contribution in [0.15, 0.2) is 0 Å². The van der Waals surface area contributed by atoms with Crippen molar-refractivity contribution in [1.29, 1.82) is 0 Å². The molecule has 0 aliphatic heterocycles. The molecular formula is H8Mo2O4. The molecule has 0 saturated heterocycles. The van der Waals surface area contributed by atoms with E-state index in [2.05, 4.69) is 0 Å². The minimum Gasteiger partial charge on any atom is -0.412 e. The summed E-state index contributed by atoms with van der Waals surface area (Å²) in [5, 5.41) is 0. The van der Waals surface area contributed by atoms with E-state index in [-0.39, 0.29) is 64.0 Å². The van der Waals surface area contributed by atoms with Gasteiger partial charge >= 0.3 is 0 Å². The Balaban J connectivity index is 0. The molecular weight excluding hydrogens is 256 g/mol. The van der Waals surface area contributed by atoms with Crippen LogP contribution in [0, 0.1) is 0 Å². The summed E-state index contributed by atoms with van der Waals surface area (Å²) in [6.45, 7) is 0. The summed E-state index contributed by atoms with van der Waals surface area (Å²) in [5.41, 5.74) is 0. The van der Waals surface area contributed by atoms with Gasteiger partial charge in [-0.2, -0.15) is 0 Å². The van der Waals surface area contributed by atoms with Crippen molar-refractivity contribution >= 4 is 0 Å².